The van der Waals surface area contributed by atoms with Gasteiger partial charge in [-0.1, -0.05) is 24.3 Å². The van der Waals surface area contributed by atoms with E-state index in [2.05, 4.69) is 11.7 Å². The first-order valence-corrected chi connectivity index (χ1v) is 5.56. The largest absolute Gasteiger partial charge is 0.317 e. The molecule has 0 amide bonds. The lowest BCUT2D eigenvalue weighted by Gasteiger charge is -2.09. The first-order chi connectivity index (χ1) is 8.16. The molecular weight excluding hydrogens is 214 g/mol. The number of fused-ring (bicyclic) bond motifs is 1. The van der Waals surface area contributed by atoms with Crippen molar-refractivity contribution in [3.63, 3.8) is 0 Å². The number of benzene rings is 1. The standard InChI is InChI=1S/C13H13N3O/c1-2-10-7-13(10,14)12(17)16-11-6-4-3-5-9(11)8-15-16/h2-6,8,10H,1,7,14H2/t10-,13-/m0/s1. The van der Waals surface area contributed by atoms with Crippen LogP contribution < -0.4 is 5.73 Å². The molecule has 1 heterocycles. The molecule has 2 N–H and O–H groups in total. The molecule has 4 heteroatoms. The molecule has 0 radical (unpaired) electrons. The van der Waals surface area contributed by atoms with Gasteiger partial charge in [0.05, 0.1) is 11.7 Å². The van der Waals surface area contributed by atoms with E-state index in [-0.39, 0.29) is 11.8 Å². The summed E-state index contributed by atoms with van der Waals surface area (Å²) in [6.45, 7) is 3.68. The van der Waals surface area contributed by atoms with E-state index in [0.717, 1.165) is 10.9 Å². The first kappa shape index (κ1) is 10.2. The Morgan fingerprint density at radius 2 is 2.35 bits per heavy atom. The van der Waals surface area contributed by atoms with Crippen molar-refractivity contribution in [1.29, 1.82) is 0 Å². The molecule has 4 nitrogen and oxygen atoms in total. The Balaban J connectivity index is 2.05. The molecule has 1 aromatic carbocycles. The van der Waals surface area contributed by atoms with E-state index in [9.17, 15) is 4.79 Å². The van der Waals surface area contributed by atoms with Gasteiger partial charge in [-0.05, 0) is 12.5 Å². The van der Waals surface area contributed by atoms with Crippen LogP contribution in [0.4, 0.5) is 0 Å². The minimum absolute atomic E-state index is 0.0676. The summed E-state index contributed by atoms with van der Waals surface area (Å²) in [7, 11) is 0. The Bertz CT molecular complexity index is 616. The van der Waals surface area contributed by atoms with Gasteiger partial charge in [-0.3, -0.25) is 4.79 Å². The Kier molecular flexibility index (Phi) is 1.97. The zero-order chi connectivity index (χ0) is 12.0. The quantitative estimate of drug-likeness (QED) is 0.792. The second kappa shape index (κ2) is 3.28. The lowest BCUT2D eigenvalue weighted by Crippen LogP contribution is -2.39. The van der Waals surface area contributed by atoms with Crippen molar-refractivity contribution in [3.05, 3.63) is 43.1 Å². The number of aromatic nitrogens is 2. The van der Waals surface area contributed by atoms with Crippen molar-refractivity contribution in [2.75, 3.05) is 0 Å². The third kappa shape index (κ3) is 1.34. The highest BCUT2D eigenvalue weighted by Gasteiger charge is 2.56. The van der Waals surface area contributed by atoms with Crippen molar-refractivity contribution < 1.29 is 4.79 Å². The lowest BCUT2D eigenvalue weighted by molar-refractivity contribution is 0.0850. The van der Waals surface area contributed by atoms with E-state index in [1.807, 2.05) is 24.3 Å². The smallest absolute Gasteiger partial charge is 0.268 e. The van der Waals surface area contributed by atoms with Crippen molar-refractivity contribution in [2.24, 2.45) is 11.7 Å². The average molecular weight is 227 g/mol. The molecule has 1 aliphatic carbocycles. The predicted molar refractivity (Wildman–Crippen MR) is 65.6 cm³/mol. The van der Waals surface area contributed by atoms with Crippen LogP contribution in [0.3, 0.4) is 0 Å². The van der Waals surface area contributed by atoms with Crippen LogP contribution in [0.2, 0.25) is 0 Å². The molecule has 1 aromatic heterocycles. The van der Waals surface area contributed by atoms with Gasteiger partial charge in [-0.2, -0.15) is 9.78 Å². The SMILES string of the molecule is C=C[C@H]1C[C@@]1(N)C(=O)n1ncc2ccccc21. The Morgan fingerprint density at radius 3 is 3.06 bits per heavy atom. The summed E-state index contributed by atoms with van der Waals surface area (Å²) in [5.41, 5.74) is 6.04. The normalized spacial score (nSPS) is 27.0. The molecule has 86 valence electrons. The average Bonchev–Trinajstić information content (AvgIpc) is 2.86. The topological polar surface area (TPSA) is 60.9 Å². The zero-order valence-electron chi connectivity index (χ0n) is 9.34. The fourth-order valence-electron chi connectivity index (χ4n) is 2.18. The van der Waals surface area contributed by atoms with Gasteiger partial charge in [0.15, 0.2) is 0 Å². The molecule has 1 fully saturated rings. The van der Waals surface area contributed by atoms with Crippen LogP contribution >= 0.6 is 0 Å². The van der Waals surface area contributed by atoms with Crippen LogP contribution in [-0.2, 0) is 0 Å². The van der Waals surface area contributed by atoms with Gasteiger partial charge in [-0.25, -0.2) is 0 Å². The molecule has 2 atom stereocenters. The van der Waals surface area contributed by atoms with Gasteiger partial charge in [0.1, 0.15) is 5.54 Å². The number of nitrogens with two attached hydrogens (primary N) is 1. The summed E-state index contributed by atoms with van der Waals surface area (Å²) >= 11 is 0. The van der Waals surface area contributed by atoms with Crippen LogP contribution in [0.5, 0.6) is 0 Å². The van der Waals surface area contributed by atoms with Gasteiger partial charge in [-0.15, -0.1) is 6.58 Å². The molecule has 0 aliphatic heterocycles. The maximum Gasteiger partial charge on any atom is 0.268 e. The van der Waals surface area contributed by atoms with E-state index in [4.69, 9.17) is 5.73 Å². The van der Waals surface area contributed by atoms with Crippen LogP contribution in [0.25, 0.3) is 10.9 Å². The second-order valence-electron chi connectivity index (χ2n) is 4.51. The summed E-state index contributed by atoms with van der Waals surface area (Å²) in [6, 6.07) is 7.59. The predicted octanol–water partition coefficient (Wildman–Crippen LogP) is 1.58. The van der Waals surface area contributed by atoms with Crippen LogP contribution in [0.1, 0.15) is 11.2 Å². The van der Waals surface area contributed by atoms with E-state index < -0.39 is 5.54 Å². The van der Waals surface area contributed by atoms with Crippen molar-refractivity contribution in [2.45, 2.75) is 12.0 Å². The van der Waals surface area contributed by atoms with Gasteiger partial charge in [0, 0.05) is 11.3 Å². The number of para-hydroxylation sites is 1. The third-order valence-corrected chi connectivity index (χ3v) is 3.41. The summed E-state index contributed by atoms with van der Waals surface area (Å²) < 4.78 is 1.40. The summed E-state index contributed by atoms with van der Waals surface area (Å²) in [5.74, 6) is -0.0819. The molecule has 1 aliphatic rings. The Hall–Kier alpha value is -1.94. The van der Waals surface area contributed by atoms with Crippen LogP contribution in [0, 0.1) is 5.92 Å². The molecule has 17 heavy (non-hydrogen) atoms. The highest BCUT2D eigenvalue weighted by Crippen LogP contribution is 2.43. The van der Waals surface area contributed by atoms with E-state index in [0.29, 0.717) is 6.42 Å². The Morgan fingerprint density at radius 1 is 1.59 bits per heavy atom. The molecular formula is C13H13N3O. The lowest BCUT2D eigenvalue weighted by atomic mass is 10.2. The number of nitrogens with zero attached hydrogens (tertiary/aromatic N) is 2. The highest BCUT2D eigenvalue weighted by atomic mass is 16.2. The van der Waals surface area contributed by atoms with Gasteiger partial charge < -0.3 is 5.73 Å². The fourth-order valence-corrected chi connectivity index (χ4v) is 2.18. The maximum atomic E-state index is 12.3. The van der Waals surface area contributed by atoms with Gasteiger partial charge in [0.2, 0.25) is 0 Å². The van der Waals surface area contributed by atoms with Crippen LogP contribution in [-0.4, -0.2) is 21.2 Å². The minimum Gasteiger partial charge on any atom is -0.317 e. The summed E-state index contributed by atoms with van der Waals surface area (Å²) in [6.07, 6.45) is 4.08. The van der Waals surface area contributed by atoms with E-state index >= 15 is 0 Å². The number of rotatable bonds is 2. The Labute approximate surface area is 98.7 Å². The van der Waals surface area contributed by atoms with Gasteiger partial charge in [0.25, 0.3) is 5.91 Å². The maximum absolute atomic E-state index is 12.3. The molecule has 0 unspecified atom stereocenters. The molecule has 0 saturated heterocycles. The van der Waals surface area contributed by atoms with Crippen molar-refractivity contribution in [3.8, 4) is 0 Å². The molecule has 0 bridgehead atoms. The number of carbonyl (C=O) groups is 1. The molecule has 2 aromatic rings. The number of hydrogen-bond acceptors (Lipinski definition) is 3. The molecule has 1 saturated carbocycles. The highest BCUT2D eigenvalue weighted by molar-refractivity contribution is 5.98. The van der Waals surface area contributed by atoms with Gasteiger partial charge >= 0.3 is 0 Å². The van der Waals surface area contributed by atoms with Crippen molar-refractivity contribution >= 4 is 16.8 Å². The van der Waals surface area contributed by atoms with Crippen molar-refractivity contribution in [1.82, 2.24) is 9.78 Å². The monoisotopic (exact) mass is 227 g/mol. The number of hydrogen-bond donors (Lipinski definition) is 1. The minimum atomic E-state index is -0.809. The van der Waals surface area contributed by atoms with Crippen LogP contribution in [0.15, 0.2) is 43.1 Å². The first-order valence-electron chi connectivity index (χ1n) is 5.56. The van der Waals surface area contributed by atoms with E-state index in [1.165, 1.54) is 4.68 Å². The molecule has 0 spiro atoms. The third-order valence-electron chi connectivity index (χ3n) is 3.41. The summed E-state index contributed by atoms with van der Waals surface area (Å²) in [5, 5.41) is 5.07. The number of carbonyl (C=O) groups excluding carboxylic acids is 1. The fraction of sp³-hybridized carbons (Fsp3) is 0.231. The zero-order valence-corrected chi connectivity index (χ0v) is 9.34. The van der Waals surface area contributed by atoms with E-state index in [1.54, 1.807) is 12.3 Å². The summed E-state index contributed by atoms with van der Waals surface area (Å²) in [4.78, 5) is 12.3. The second-order valence-corrected chi connectivity index (χ2v) is 4.51. The molecule has 3 rings (SSSR count).